The average molecular weight is 200 g/mol. The fourth-order valence-corrected chi connectivity index (χ4v) is 1.50. The van der Waals surface area contributed by atoms with Crippen molar-refractivity contribution >= 4 is 6.29 Å². The van der Waals surface area contributed by atoms with Gasteiger partial charge >= 0.3 is 0 Å². The number of carbonyl (C=O) groups excluding carboxylic acids is 1. The van der Waals surface area contributed by atoms with Crippen molar-refractivity contribution < 1.29 is 4.79 Å². The van der Waals surface area contributed by atoms with Crippen LogP contribution in [0.5, 0.6) is 0 Å². The summed E-state index contributed by atoms with van der Waals surface area (Å²) in [4.78, 5) is 14.9. The Hall–Kier alpha value is -1.90. The van der Waals surface area contributed by atoms with Crippen molar-refractivity contribution in [1.82, 2.24) is 9.55 Å². The minimum Gasteiger partial charge on any atom is -0.348 e. The maximum atomic E-state index is 10.5. The van der Waals surface area contributed by atoms with Crippen LogP contribution in [0.25, 0.3) is 0 Å². The van der Waals surface area contributed by atoms with Gasteiger partial charge in [0.25, 0.3) is 0 Å². The standard InChI is InChI=1S/C12H12N2O/c1-10-3-2-4-12(13-10)8-14-6-5-11(7-14)9-15/h2-7,9H,8H2,1H3. The number of rotatable bonds is 3. The topological polar surface area (TPSA) is 34.9 Å². The molecule has 0 amide bonds. The summed E-state index contributed by atoms with van der Waals surface area (Å²) in [5.41, 5.74) is 2.71. The molecule has 0 aliphatic rings. The predicted octanol–water partition coefficient (Wildman–Crippen LogP) is 2.05. The van der Waals surface area contributed by atoms with Crippen LogP contribution in [-0.2, 0) is 6.54 Å². The molecule has 15 heavy (non-hydrogen) atoms. The molecular formula is C12H12N2O. The van der Waals surface area contributed by atoms with Crippen molar-refractivity contribution in [1.29, 1.82) is 0 Å². The van der Waals surface area contributed by atoms with E-state index in [0.29, 0.717) is 12.1 Å². The molecule has 2 heterocycles. The highest BCUT2D eigenvalue weighted by molar-refractivity contribution is 5.74. The van der Waals surface area contributed by atoms with Crippen LogP contribution in [0.3, 0.4) is 0 Å². The number of aryl methyl sites for hydroxylation is 1. The molecule has 0 spiro atoms. The number of aromatic nitrogens is 2. The number of pyridine rings is 1. The molecule has 76 valence electrons. The van der Waals surface area contributed by atoms with Gasteiger partial charge in [-0.1, -0.05) is 6.07 Å². The average Bonchev–Trinajstić information content (AvgIpc) is 2.65. The number of hydrogen-bond donors (Lipinski definition) is 0. The third kappa shape index (κ3) is 2.31. The molecule has 0 saturated heterocycles. The summed E-state index contributed by atoms with van der Waals surface area (Å²) in [5.74, 6) is 0. The van der Waals surface area contributed by atoms with E-state index in [1.807, 2.05) is 42.1 Å². The molecule has 0 aliphatic heterocycles. The lowest BCUT2D eigenvalue weighted by molar-refractivity contribution is 0.112. The van der Waals surface area contributed by atoms with E-state index in [1.165, 1.54) is 0 Å². The first-order valence-corrected chi connectivity index (χ1v) is 4.81. The van der Waals surface area contributed by atoms with Crippen LogP contribution in [0, 0.1) is 6.92 Å². The summed E-state index contributed by atoms with van der Waals surface area (Å²) < 4.78 is 1.95. The Labute approximate surface area is 88.4 Å². The van der Waals surface area contributed by atoms with Gasteiger partial charge in [-0.2, -0.15) is 0 Å². The molecule has 0 saturated carbocycles. The Kier molecular flexibility index (Phi) is 2.63. The lowest BCUT2D eigenvalue weighted by Crippen LogP contribution is -1.99. The minimum atomic E-state index is 0.697. The van der Waals surface area contributed by atoms with Gasteiger partial charge in [-0.25, -0.2) is 0 Å². The Balaban J connectivity index is 2.18. The van der Waals surface area contributed by atoms with Gasteiger partial charge in [0.1, 0.15) is 0 Å². The van der Waals surface area contributed by atoms with Crippen molar-refractivity contribution in [2.24, 2.45) is 0 Å². The Morgan fingerprint density at radius 2 is 2.27 bits per heavy atom. The number of aldehydes is 1. The minimum absolute atomic E-state index is 0.697. The van der Waals surface area contributed by atoms with E-state index < -0.39 is 0 Å². The highest BCUT2D eigenvalue weighted by Gasteiger charge is 1.98. The zero-order valence-electron chi connectivity index (χ0n) is 8.55. The Bertz CT molecular complexity index is 474. The summed E-state index contributed by atoms with van der Waals surface area (Å²) in [7, 11) is 0. The Morgan fingerprint density at radius 3 is 2.93 bits per heavy atom. The molecule has 0 N–H and O–H groups in total. The summed E-state index contributed by atoms with van der Waals surface area (Å²) in [6.45, 7) is 2.67. The second-order valence-electron chi connectivity index (χ2n) is 3.51. The normalized spacial score (nSPS) is 10.2. The highest BCUT2D eigenvalue weighted by Crippen LogP contribution is 2.04. The summed E-state index contributed by atoms with van der Waals surface area (Å²) >= 11 is 0. The second-order valence-corrected chi connectivity index (χ2v) is 3.51. The molecular weight excluding hydrogens is 188 g/mol. The van der Waals surface area contributed by atoms with Crippen LogP contribution in [0.2, 0.25) is 0 Å². The highest BCUT2D eigenvalue weighted by atomic mass is 16.1. The summed E-state index contributed by atoms with van der Waals surface area (Å²) in [5, 5.41) is 0. The fourth-order valence-electron chi connectivity index (χ4n) is 1.50. The van der Waals surface area contributed by atoms with Gasteiger partial charge in [0, 0.05) is 23.7 Å². The molecule has 0 unspecified atom stereocenters. The van der Waals surface area contributed by atoms with Crippen molar-refractivity contribution in [3.8, 4) is 0 Å². The van der Waals surface area contributed by atoms with E-state index in [0.717, 1.165) is 17.7 Å². The molecule has 0 aliphatic carbocycles. The van der Waals surface area contributed by atoms with Crippen LogP contribution in [-0.4, -0.2) is 15.8 Å². The molecule has 0 aromatic carbocycles. The van der Waals surface area contributed by atoms with Gasteiger partial charge < -0.3 is 4.57 Å². The third-order valence-corrected chi connectivity index (χ3v) is 2.20. The van der Waals surface area contributed by atoms with E-state index in [9.17, 15) is 4.79 Å². The van der Waals surface area contributed by atoms with Gasteiger partial charge in [-0.3, -0.25) is 9.78 Å². The molecule has 3 nitrogen and oxygen atoms in total. The number of hydrogen-bond acceptors (Lipinski definition) is 2. The predicted molar refractivity (Wildman–Crippen MR) is 57.9 cm³/mol. The van der Waals surface area contributed by atoms with Crippen molar-refractivity contribution in [2.75, 3.05) is 0 Å². The molecule has 2 aromatic heterocycles. The van der Waals surface area contributed by atoms with Gasteiger partial charge in [0.15, 0.2) is 6.29 Å². The molecule has 3 heteroatoms. The maximum absolute atomic E-state index is 10.5. The van der Waals surface area contributed by atoms with Crippen LogP contribution in [0.15, 0.2) is 36.7 Å². The lowest BCUT2D eigenvalue weighted by Gasteiger charge is -2.02. The van der Waals surface area contributed by atoms with E-state index in [4.69, 9.17) is 0 Å². The molecule has 0 atom stereocenters. The molecule has 2 aromatic rings. The SMILES string of the molecule is Cc1cccc(Cn2ccc(C=O)c2)n1. The van der Waals surface area contributed by atoms with Crippen LogP contribution in [0.1, 0.15) is 21.7 Å². The van der Waals surface area contributed by atoms with Crippen LogP contribution >= 0.6 is 0 Å². The zero-order chi connectivity index (χ0) is 10.7. The quantitative estimate of drug-likeness (QED) is 0.711. The molecule has 0 bridgehead atoms. The fraction of sp³-hybridized carbons (Fsp3) is 0.167. The first-order valence-electron chi connectivity index (χ1n) is 4.81. The second kappa shape index (κ2) is 4.09. The summed E-state index contributed by atoms with van der Waals surface area (Å²) in [6.07, 6.45) is 4.55. The van der Waals surface area contributed by atoms with Crippen molar-refractivity contribution in [3.05, 3.63) is 53.6 Å². The number of carbonyl (C=O) groups is 1. The first-order chi connectivity index (χ1) is 7.28. The molecule has 0 fully saturated rings. The van der Waals surface area contributed by atoms with E-state index >= 15 is 0 Å². The van der Waals surface area contributed by atoms with Gasteiger partial charge in [0.2, 0.25) is 0 Å². The first kappa shape index (κ1) is 9.65. The lowest BCUT2D eigenvalue weighted by atomic mass is 10.3. The monoisotopic (exact) mass is 200 g/mol. The van der Waals surface area contributed by atoms with Crippen molar-refractivity contribution in [3.63, 3.8) is 0 Å². The van der Waals surface area contributed by atoms with E-state index in [-0.39, 0.29) is 0 Å². The van der Waals surface area contributed by atoms with Crippen molar-refractivity contribution in [2.45, 2.75) is 13.5 Å². The largest absolute Gasteiger partial charge is 0.348 e. The zero-order valence-corrected chi connectivity index (χ0v) is 8.55. The molecule has 0 radical (unpaired) electrons. The maximum Gasteiger partial charge on any atom is 0.151 e. The third-order valence-electron chi connectivity index (χ3n) is 2.20. The van der Waals surface area contributed by atoms with E-state index in [2.05, 4.69) is 4.98 Å². The number of nitrogens with zero attached hydrogens (tertiary/aromatic N) is 2. The van der Waals surface area contributed by atoms with Crippen LogP contribution < -0.4 is 0 Å². The van der Waals surface area contributed by atoms with Gasteiger partial charge in [-0.05, 0) is 25.1 Å². The molecule has 2 rings (SSSR count). The van der Waals surface area contributed by atoms with Gasteiger partial charge in [-0.15, -0.1) is 0 Å². The Morgan fingerprint density at radius 1 is 1.40 bits per heavy atom. The smallest absolute Gasteiger partial charge is 0.151 e. The van der Waals surface area contributed by atoms with Crippen LogP contribution in [0.4, 0.5) is 0 Å². The van der Waals surface area contributed by atoms with Gasteiger partial charge in [0.05, 0.1) is 12.2 Å². The van der Waals surface area contributed by atoms with E-state index in [1.54, 1.807) is 6.07 Å². The summed E-state index contributed by atoms with van der Waals surface area (Å²) in [6, 6.07) is 7.73.